The van der Waals surface area contributed by atoms with E-state index in [1.807, 2.05) is 18.7 Å². The maximum atomic E-state index is 5.89. The van der Waals surface area contributed by atoms with Crippen molar-refractivity contribution in [2.75, 3.05) is 0 Å². The Balaban J connectivity index is 1.53. The molecule has 5 atom stereocenters. The molecule has 2 bridgehead atoms. The van der Waals surface area contributed by atoms with Crippen LogP contribution in [0, 0.1) is 36.5 Å². The Kier molecular flexibility index (Phi) is 3.02. The Hall–Kier alpha value is -0.390. The molecule has 0 amide bonds. The zero-order chi connectivity index (χ0) is 14.0. The van der Waals surface area contributed by atoms with Crippen molar-refractivity contribution in [3.8, 4) is 0 Å². The number of fused-ring (bicyclic) bond motifs is 5. The third-order valence-corrected chi connectivity index (χ3v) is 7.18. The first-order chi connectivity index (χ1) is 9.61. The van der Waals surface area contributed by atoms with Crippen LogP contribution in [0.25, 0.3) is 0 Å². The summed E-state index contributed by atoms with van der Waals surface area (Å²) < 4.78 is 3.14. The van der Waals surface area contributed by atoms with Crippen molar-refractivity contribution in [2.45, 2.75) is 38.6 Å². The fourth-order valence-electron chi connectivity index (χ4n) is 5.35. The Morgan fingerprint density at radius 1 is 1.40 bits per heavy atom. The number of rotatable bonds is 4. The van der Waals surface area contributed by atoms with Gasteiger partial charge in [0.2, 0.25) is 0 Å². The van der Waals surface area contributed by atoms with E-state index in [4.69, 9.17) is 5.84 Å². The molecule has 3 N–H and O–H groups in total. The van der Waals surface area contributed by atoms with Gasteiger partial charge in [0.15, 0.2) is 0 Å². The summed E-state index contributed by atoms with van der Waals surface area (Å²) in [4.78, 5) is 0. The molecule has 110 valence electrons. The summed E-state index contributed by atoms with van der Waals surface area (Å²) in [6.45, 7) is 2.05. The van der Waals surface area contributed by atoms with Gasteiger partial charge in [-0.1, -0.05) is 0 Å². The van der Waals surface area contributed by atoms with Crippen molar-refractivity contribution in [2.24, 2.45) is 42.5 Å². The molecule has 0 aliphatic heterocycles. The van der Waals surface area contributed by atoms with Gasteiger partial charge in [-0.2, -0.15) is 5.10 Å². The number of halogens is 1. The van der Waals surface area contributed by atoms with Crippen molar-refractivity contribution in [3.05, 3.63) is 15.9 Å². The second kappa shape index (κ2) is 4.55. The van der Waals surface area contributed by atoms with Crippen LogP contribution in [0.5, 0.6) is 0 Å². The van der Waals surface area contributed by atoms with Crippen LogP contribution < -0.4 is 11.3 Å². The number of hydrogen-bond acceptors (Lipinski definition) is 3. The fraction of sp³-hybridized carbons (Fsp3) is 0.800. The predicted octanol–water partition coefficient (Wildman–Crippen LogP) is 2.16. The van der Waals surface area contributed by atoms with Gasteiger partial charge < -0.3 is 0 Å². The zero-order valence-electron chi connectivity index (χ0n) is 12.1. The molecule has 4 rings (SSSR count). The third-order valence-electron chi connectivity index (χ3n) is 6.15. The van der Waals surface area contributed by atoms with Crippen LogP contribution >= 0.6 is 15.9 Å². The molecule has 0 radical (unpaired) electrons. The van der Waals surface area contributed by atoms with Crippen LogP contribution in [0.3, 0.4) is 0 Å². The Morgan fingerprint density at radius 3 is 2.55 bits per heavy atom. The van der Waals surface area contributed by atoms with Gasteiger partial charge in [-0.05, 0) is 71.7 Å². The molecule has 1 aromatic heterocycles. The van der Waals surface area contributed by atoms with Crippen molar-refractivity contribution < 1.29 is 0 Å². The van der Waals surface area contributed by atoms with E-state index in [0.717, 1.165) is 46.2 Å². The van der Waals surface area contributed by atoms with Crippen LogP contribution in [0.4, 0.5) is 0 Å². The van der Waals surface area contributed by atoms with Crippen LogP contribution in [0.1, 0.15) is 30.7 Å². The highest BCUT2D eigenvalue weighted by Crippen LogP contribution is 2.70. The topological polar surface area (TPSA) is 55.9 Å². The number of nitrogens with two attached hydrogens (primary N) is 1. The molecule has 3 aliphatic rings. The van der Waals surface area contributed by atoms with E-state index < -0.39 is 0 Å². The summed E-state index contributed by atoms with van der Waals surface area (Å²) >= 11 is 3.67. The second-order valence-electron chi connectivity index (χ2n) is 7.01. The Bertz CT molecular complexity index is 524. The third kappa shape index (κ3) is 1.76. The Labute approximate surface area is 128 Å². The van der Waals surface area contributed by atoms with Gasteiger partial charge in [0.05, 0.1) is 15.9 Å². The van der Waals surface area contributed by atoms with Crippen LogP contribution in [0.15, 0.2) is 4.47 Å². The SMILES string of the molecule is Cc1nn(C)c(CC(NN)C2C3C4CCC(C4)C32)c1Br. The van der Waals surface area contributed by atoms with E-state index in [-0.39, 0.29) is 0 Å². The van der Waals surface area contributed by atoms with Crippen LogP contribution in [-0.2, 0) is 13.5 Å². The lowest BCUT2D eigenvalue weighted by Crippen LogP contribution is -2.40. The summed E-state index contributed by atoms with van der Waals surface area (Å²) in [5, 5.41) is 4.49. The van der Waals surface area contributed by atoms with E-state index >= 15 is 0 Å². The molecule has 0 aromatic carbocycles. The van der Waals surface area contributed by atoms with Crippen molar-refractivity contribution in [1.82, 2.24) is 15.2 Å². The normalized spacial score (nSPS) is 39.1. The second-order valence-corrected chi connectivity index (χ2v) is 7.81. The number of aryl methyl sites for hydroxylation is 2. The highest BCUT2D eigenvalue weighted by atomic mass is 79.9. The molecular formula is C15H23BrN4. The molecule has 20 heavy (non-hydrogen) atoms. The molecular weight excluding hydrogens is 316 g/mol. The number of hydrazine groups is 1. The van der Waals surface area contributed by atoms with Gasteiger partial charge in [-0.25, -0.2) is 0 Å². The van der Waals surface area contributed by atoms with Crippen LogP contribution in [-0.4, -0.2) is 15.8 Å². The molecule has 1 heterocycles. The first-order valence-electron chi connectivity index (χ1n) is 7.76. The van der Waals surface area contributed by atoms with Gasteiger partial charge in [-0.15, -0.1) is 0 Å². The molecule has 3 fully saturated rings. The largest absolute Gasteiger partial charge is 0.271 e. The minimum Gasteiger partial charge on any atom is -0.271 e. The van der Waals surface area contributed by atoms with E-state index in [9.17, 15) is 0 Å². The van der Waals surface area contributed by atoms with Crippen molar-refractivity contribution >= 4 is 15.9 Å². The summed E-state index contributed by atoms with van der Waals surface area (Å²) in [6.07, 6.45) is 5.41. The van der Waals surface area contributed by atoms with E-state index in [1.54, 1.807) is 0 Å². The number of nitrogens with one attached hydrogen (secondary N) is 1. The number of aromatic nitrogens is 2. The lowest BCUT2D eigenvalue weighted by molar-refractivity contribution is 0.360. The van der Waals surface area contributed by atoms with Gasteiger partial charge in [-0.3, -0.25) is 16.0 Å². The molecule has 3 saturated carbocycles. The average molecular weight is 339 g/mol. The van der Waals surface area contributed by atoms with Crippen molar-refractivity contribution in [1.29, 1.82) is 0 Å². The van der Waals surface area contributed by atoms with E-state index in [2.05, 4.69) is 26.5 Å². The van der Waals surface area contributed by atoms with Gasteiger partial charge in [0.1, 0.15) is 0 Å². The molecule has 4 nitrogen and oxygen atoms in total. The summed E-state index contributed by atoms with van der Waals surface area (Å²) in [6, 6.07) is 0.402. The van der Waals surface area contributed by atoms with Crippen LogP contribution in [0.2, 0.25) is 0 Å². The summed E-state index contributed by atoms with van der Waals surface area (Å²) in [7, 11) is 2.03. The quantitative estimate of drug-likeness (QED) is 0.653. The minimum atomic E-state index is 0.402. The maximum absolute atomic E-state index is 5.89. The monoisotopic (exact) mass is 338 g/mol. The molecule has 5 heteroatoms. The molecule has 5 unspecified atom stereocenters. The lowest BCUT2D eigenvalue weighted by atomic mass is 9.95. The maximum Gasteiger partial charge on any atom is 0.0738 e. The number of hydrogen-bond donors (Lipinski definition) is 2. The minimum absolute atomic E-state index is 0.402. The fourth-order valence-corrected chi connectivity index (χ4v) is 5.84. The lowest BCUT2D eigenvalue weighted by Gasteiger charge is -2.20. The Morgan fingerprint density at radius 2 is 2.05 bits per heavy atom. The summed E-state index contributed by atoms with van der Waals surface area (Å²) in [5.74, 6) is 10.6. The first kappa shape index (κ1) is 13.3. The van der Waals surface area contributed by atoms with Crippen molar-refractivity contribution in [3.63, 3.8) is 0 Å². The van der Waals surface area contributed by atoms with E-state index in [1.165, 1.54) is 25.0 Å². The standard InChI is InChI=1S/C15H23BrN4/c1-7-15(16)11(20(2)19-7)6-10(18-17)14-12-8-3-4-9(5-8)13(12)14/h8-10,12-14,18H,3-6,17H2,1-2H3. The zero-order valence-corrected chi connectivity index (χ0v) is 13.7. The molecule has 1 aromatic rings. The molecule has 3 aliphatic carbocycles. The average Bonchev–Trinajstić information content (AvgIpc) is 2.74. The smallest absolute Gasteiger partial charge is 0.0738 e. The summed E-state index contributed by atoms with van der Waals surface area (Å²) in [5.41, 5.74) is 5.44. The van der Waals surface area contributed by atoms with Gasteiger partial charge >= 0.3 is 0 Å². The highest BCUT2D eigenvalue weighted by molar-refractivity contribution is 9.10. The molecule has 0 spiro atoms. The number of nitrogens with zero attached hydrogens (tertiary/aromatic N) is 2. The van der Waals surface area contributed by atoms with E-state index in [0.29, 0.717) is 6.04 Å². The first-order valence-corrected chi connectivity index (χ1v) is 8.55. The predicted molar refractivity (Wildman–Crippen MR) is 81.8 cm³/mol. The highest BCUT2D eigenvalue weighted by Gasteiger charge is 2.66. The van der Waals surface area contributed by atoms with Gasteiger partial charge in [0.25, 0.3) is 0 Å². The van der Waals surface area contributed by atoms with Gasteiger partial charge in [0, 0.05) is 19.5 Å². The molecule has 0 saturated heterocycles.